The molecule has 1 rings (SSSR count). The first-order valence-electron chi connectivity index (χ1n) is 5.37. The van der Waals surface area contributed by atoms with Gasteiger partial charge in [-0.15, -0.1) is 0 Å². The number of alkyl halides is 2. The Balaban J connectivity index is 2.70. The van der Waals surface area contributed by atoms with E-state index in [0.29, 0.717) is 0 Å². The number of carbonyl (C=O) groups is 1. The molecule has 8 heteroatoms. The second-order valence-electron chi connectivity index (χ2n) is 3.82. The Morgan fingerprint density at radius 1 is 1.67 bits per heavy atom. The summed E-state index contributed by atoms with van der Waals surface area (Å²) in [6, 6.07) is 0. The van der Waals surface area contributed by atoms with E-state index in [-0.39, 0.29) is 13.2 Å². The summed E-state index contributed by atoms with van der Waals surface area (Å²) < 4.78 is 45.9. The number of esters is 1. The largest absolute Gasteiger partial charge is 0.461 e. The van der Waals surface area contributed by atoms with E-state index in [4.69, 9.17) is 14.2 Å². The first-order chi connectivity index (χ1) is 8.27. The predicted molar refractivity (Wildman–Crippen MR) is 53.8 cm³/mol. The van der Waals surface area contributed by atoms with Gasteiger partial charge in [-0.2, -0.15) is 8.78 Å². The zero-order valence-corrected chi connectivity index (χ0v) is 10.3. The zero-order valence-electron chi connectivity index (χ0n) is 10.3. The first-order valence-corrected chi connectivity index (χ1v) is 5.37. The highest BCUT2D eigenvalue weighted by Crippen LogP contribution is 2.32. The second kappa shape index (κ2) is 5.43. The molecular weight excluding hydrogens is 254 g/mol. The molecule has 0 spiro atoms. The monoisotopic (exact) mass is 270 g/mol. The Bertz CT molecular complexity index is 311. The van der Waals surface area contributed by atoms with Gasteiger partial charge in [0.15, 0.2) is 6.10 Å². The zero-order chi connectivity index (χ0) is 14.0. The maximum Gasteiger partial charge on any atom is 0.379 e. The first kappa shape index (κ1) is 15.2. The minimum Gasteiger partial charge on any atom is -0.461 e. The summed E-state index contributed by atoms with van der Waals surface area (Å²) in [6.07, 6.45) is -3.75. The number of aliphatic hydroxyl groups excluding tert-OH is 1. The summed E-state index contributed by atoms with van der Waals surface area (Å²) in [5.74, 6) is -7.37. The molecule has 0 aliphatic carbocycles. The fourth-order valence-electron chi connectivity index (χ4n) is 1.42. The lowest BCUT2D eigenvalue weighted by molar-refractivity contribution is -0.320. The van der Waals surface area contributed by atoms with Gasteiger partial charge in [-0.3, -0.25) is 0 Å². The van der Waals surface area contributed by atoms with E-state index >= 15 is 0 Å². The van der Waals surface area contributed by atoms with E-state index in [1.165, 1.54) is 21.0 Å². The lowest BCUT2D eigenvalue weighted by atomic mass is 10.1. The number of ether oxygens (including phenoxy) is 4. The summed E-state index contributed by atoms with van der Waals surface area (Å²) in [4.78, 5) is 11.0. The fraction of sp³-hybridized carbons (Fsp3) is 0.900. The van der Waals surface area contributed by atoms with Crippen LogP contribution in [0.2, 0.25) is 0 Å². The molecule has 18 heavy (non-hydrogen) atoms. The van der Waals surface area contributed by atoms with Gasteiger partial charge in [0.25, 0.3) is 5.97 Å². The van der Waals surface area contributed by atoms with Crippen LogP contribution in [0.25, 0.3) is 0 Å². The minimum absolute atomic E-state index is 0.209. The number of carbonyl (C=O) groups excluding carboxylic acids is 1. The quantitative estimate of drug-likeness (QED) is 0.723. The van der Waals surface area contributed by atoms with Crippen molar-refractivity contribution in [3.63, 3.8) is 0 Å². The van der Waals surface area contributed by atoms with Gasteiger partial charge in [0.1, 0.15) is 6.10 Å². The average molecular weight is 270 g/mol. The molecule has 0 aromatic rings. The van der Waals surface area contributed by atoms with Crippen molar-refractivity contribution < 1.29 is 37.6 Å². The SMILES string of the molecule is CCOC(=O)C(F)(F)[C@H](O)[C@@H]1CO[C@@](C)(OC)O1. The molecule has 106 valence electrons. The molecule has 1 aliphatic heterocycles. The van der Waals surface area contributed by atoms with Crippen LogP contribution < -0.4 is 0 Å². The number of rotatable bonds is 5. The highest BCUT2D eigenvalue weighted by atomic mass is 19.3. The van der Waals surface area contributed by atoms with E-state index in [1.807, 2.05) is 0 Å². The molecule has 0 aromatic carbocycles. The van der Waals surface area contributed by atoms with Crippen LogP contribution in [0.1, 0.15) is 13.8 Å². The van der Waals surface area contributed by atoms with Crippen molar-refractivity contribution in [3.05, 3.63) is 0 Å². The lowest BCUT2D eigenvalue weighted by Crippen LogP contribution is -2.50. The van der Waals surface area contributed by atoms with Crippen LogP contribution >= 0.6 is 0 Å². The summed E-state index contributed by atoms with van der Waals surface area (Å²) in [5, 5.41) is 9.49. The molecule has 1 fully saturated rings. The molecule has 0 saturated carbocycles. The molecular formula is C10H16F2O6. The minimum atomic E-state index is -4.07. The van der Waals surface area contributed by atoms with Crippen LogP contribution in [0.5, 0.6) is 0 Å². The van der Waals surface area contributed by atoms with E-state index in [0.717, 1.165) is 0 Å². The Hall–Kier alpha value is -0.830. The number of hydrogen-bond donors (Lipinski definition) is 1. The van der Waals surface area contributed by atoms with Crippen molar-refractivity contribution in [2.75, 3.05) is 20.3 Å². The van der Waals surface area contributed by atoms with E-state index < -0.39 is 30.1 Å². The van der Waals surface area contributed by atoms with Crippen LogP contribution in [-0.2, 0) is 23.7 Å². The molecule has 1 saturated heterocycles. The van der Waals surface area contributed by atoms with Crippen molar-refractivity contribution in [3.8, 4) is 0 Å². The maximum absolute atomic E-state index is 13.5. The number of hydrogen-bond acceptors (Lipinski definition) is 6. The molecule has 0 radical (unpaired) electrons. The molecule has 0 aromatic heterocycles. The lowest BCUT2D eigenvalue weighted by Gasteiger charge is -2.26. The molecule has 6 nitrogen and oxygen atoms in total. The molecule has 0 bridgehead atoms. The van der Waals surface area contributed by atoms with Gasteiger partial charge in [-0.25, -0.2) is 4.79 Å². The summed E-state index contributed by atoms with van der Waals surface area (Å²) in [7, 11) is 1.26. The maximum atomic E-state index is 13.5. The molecule has 0 unspecified atom stereocenters. The highest BCUT2D eigenvalue weighted by Gasteiger charge is 2.55. The van der Waals surface area contributed by atoms with Gasteiger partial charge in [0, 0.05) is 14.0 Å². The standard InChI is InChI=1S/C10H16F2O6/c1-4-16-8(14)10(11,12)7(13)6-5-17-9(2,15-3)18-6/h6-7,13H,4-5H2,1-3H3/t6-,7+,9+/m0/s1. The van der Waals surface area contributed by atoms with Crippen molar-refractivity contribution in [1.29, 1.82) is 0 Å². The number of methoxy groups -OCH3 is 1. The van der Waals surface area contributed by atoms with Crippen molar-refractivity contribution in [2.24, 2.45) is 0 Å². The van der Waals surface area contributed by atoms with Crippen LogP contribution in [0.15, 0.2) is 0 Å². The van der Waals surface area contributed by atoms with E-state index in [2.05, 4.69) is 4.74 Å². The van der Waals surface area contributed by atoms with Gasteiger partial charge >= 0.3 is 11.9 Å². The molecule has 1 N–H and O–H groups in total. The third kappa shape index (κ3) is 2.94. The van der Waals surface area contributed by atoms with Crippen LogP contribution in [0.3, 0.4) is 0 Å². The topological polar surface area (TPSA) is 74.2 Å². The second-order valence-corrected chi connectivity index (χ2v) is 3.82. The van der Waals surface area contributed by atoms with Gasteiger partial charge < -0.3 is 24.1 Å². The van der Waals surface area contributed by atoms with Gasteiger partial charge in [-0.1, -0.05) is 0 Å². The number of halogens is 2. The third-order valence-electron chi connectivity index (χ3n) is 2.52. The van der Waals surface area contributed by atoms with E-state index in [1.54, 1.807) is 0 Å². The van der Waals surface area contributed by atoms with Crippen LogP contribution in [0, 0.1) is 0 Å². The normalized spacial score (nSPS) is 30.2. The molecule has 1 heterocycles. The highest BCUT2D eigenvalue weighted by molar-refractivity contribution is 5.78. The van der Waals surface area contributed by atoms with Crippen molar-refractivity contribution >= 4 is 5.97 Å². The smallest absolute Gasteiger partial charge is 0.379 e. The Kier molecular flexibility index (Phi) is 4.60. The van der Waals surface area contributed by atoms with Gasteiger partial charge in [0.05, 0.1) is 13.2 Å². The molecule has 0 amide bonds. The van der Waals surface area contributed by atoms with Crippen LogP contribution in [-0.4, -0.2) is 55.5 Å². The van der Waals surface area contributed by atoms with E-state index in [9.17, 15) is 18.7 Å². The third-order valence-corrected chi connectivity index (χ3v) is 2.52. The van der Waals surface area contributed by atoms with Gasteiger partial charge in [0.2, 0.25) is 0 Å². The Labute approximate surface area is 103 Å². The number of aliphatic hydroxyl groups is 1. The molecule has 3 atom stereocenters. The van der Waals surface area contributed by atoms with Crippen LogP contribution in [0.4, 0.5) is 8.78 Å². The van der Waals surface area contributed by atoms with Gasteiger partial charge in [-0.05, 0) is 6.92 Å². The summed E-state index contributed by atoms with van der Waals surface area (Å²) >= 11 is 0. The Morgan fingerprint density at radius 3 is 2.72 bits per heavy atom. The average Bonchev–Trinajstić information content (AvgIpc) is 2.72. The fourth-order valence-corrected chi connectivity index (χ4v) is 1.42. The van der Waals surface area contributed by atoms with Crippen molar-refractivity contribution in [1.82, 2.24) is 0 Å². The summed E-state index contributed by atoms with van der Waals surface area (Å²) in [5.41, 5.74) is 0. The Morgan fingerprint density at radius 2 is 2.28 bits per heavy atom. The molecule has 1 aliphatic rings. The summed E-state index contributed by atoms with van der Waals surface area (Å²) in [6.45, 7) is 2.22. The predicted octanol–water partition coefficient (Wildman–Crippen LogP) is 0.281. The van der Waals surface area contributed by atoms with Crippen molar-refractivity contribution in [2.45, 2.75) is 38.0 Å².